The fourth-order valence-electron chi connectivity index (χ4n) is 1.72. The maximum atomic E-state index is 11.2. The predicted octanol–water partition coefficient (Wildman–Crippen LogP) is 2.89. The van der Waals surface area contributed by atoms with E-state index in [4.69, 9.17) is 0 Å². The second kappa shape index (κ2) is 3.82. The summed E-state index contributed by atoms with van der Waals surface area (Å²) >= 11 is 2.03. The summed E-state index contributed by atoms with van der Waals surface area (Å²) in [6, 6.07) is 0. The first-order chi connectivity index (χ1) is 5.57. The van der Waals surface area contributed by atoms with Crippen LogP contribution in [0.3, 0.4) is 0 Å². The zero-order valence-corrected chi connectivity index (χ0v) is 9.04. The van der Waals surface area contributed by atoms with E-state index in [9.17, 15) is 4.79 Å². The van der Waals surface area contributed by atoms with Crippen molar-refractivity contribution < 1.29 is 4.79 Å². The number of ketones is 1. The molecule has 0 N–H and O–H groups in total. The Morgan fingerprint density at radius 1 is 1.67 bits per heavy atom. The standard InChI is InChI=1S/C10H18OS/c1-4-10(3)7-9(8(2)11)5-6-12-10/h9H,4-7H2,1-3H3. The number of thioether (sulfide) groups is 1. The molecule has 2 heteroatoms. The average molecular weight is 186 g/mol. The zero-order chi connectivity index (χ0) is 9.19. The lowest BCUT2D eigenvalue weighted by molar-refractivity contribution is -0.121. The molecule has 0 aromatic heterocycles. The van der Waals surface area contributed by atoms with E-state index in [1.54, 1.807) is 6.92 Å². The Morgan fingerprint density at radius 3 is 2.83 bits per heavy atom. The van der Waals surface area contributed by atoms with E-state index in [0.717, 1.165) is 18.6 Å². The van der Waals surface area contributed by atoms with E-state index in [2.05, 4.69) is 13.8 Å². The number of carbonyl (C=O) groups is 1. The molecule has 1 heterocycles. The molecule has 2 unspecified atom stereocenters. The Hall–Kier alpha value is 0.0200. The first-order valence-electron chi connectivity index (χ1n) is 4.72. The van der Waals surface area contributed by atoms with Gasteiger partial charge in [-0.2, -0.15) is 11.8 Å². The van der Waals surface area contributed by atoms with Crippen LogP contribution >= 0.6 is 11.8 Å². The number of hydrogen-bond acceptors (Lipinski definition) is 2. The van der Waals surface area contributed by atoms with Gasteiger partial charge >= 0.3 is 0 Å². The van der Waals surface area contributed by atoms with Gasteiger partial charge in [0.1, 0.15) is 5.78 Å². The van der Waals surface area contributed by atoms with E-state index in [0.29, 0.717) is 16.4 Å². The van der Waals surface area contributed by atoms with E-state index in [1.807, 2.05) is 11.8 Å². The molecule has 0 amide bonds. The summed E-state index contributed by atoms with van der Waals surface area (Å²) in [6.07, 6.45) is 3.36. The highest BCUT2D eigenvalue weighted by Gasteiger charge is 2.32. The molecule has 70 valence electrons. The molecule has 1 nitrogen and oxygen atoms in total. The fraction of sp³-hybridized carbons (Fsp3) is 0.900. The molecule has 1 aliphatic heterocycles. The van der Waals surface area contributed by atoms with Crippen molar-refractivity contribution in [1.29, 1.82) is 0 Å². The van der Waals surface area contributed by atoms with Gasteiger partial charge in [0.05, 0.1) is 0 Å². The van der Waals surface area contributed by atoms with Gasteiger partial charge in [0.2, 0.25) is 0 Å². The third-order valence-corrected chi connectivity index (χ3v) is 4.51. The Labute approximate surface area is 79.3 Å². The van der Waals surface area contributed by atoms with Crippen molar-refractivity contribution in [2.75, 3.05) is 5.75 Å². The average Bonchev–Trinajstić information content (AvgIpc) is 2.05. The Bertz CT molecular complexity index is 179. The molecule has 1 aliphatic rings. The van der Waals surface area contributed by atoms with Crippen molar-refractivity contribution >= 4 is 17.5 Å². The second-order valence-corrected chi connectivity index (χ2v) is 5.63. The highest BCUT2D eigenvalue weighted by molar-refractivity contribution is 8.00. The normalized spacial score (nSPS) is 36.4. The van der Waals surface area contributed by atoms with Gasteiger partial charge in [-0.3, -0.25) is 4.79 Å². The minimum absolute atomic E-state index is 0.344. The van der Waals surface area contributed by atoms with Gasteiger partial charge in [0.25, 0.3) is 0 Å². The summed E-state index contributed by atoms with van der Waals surface area (Å²) in [5, 5.41) is 0. The molecule has 2 atom stereocenters. The zero-order valence-electron chi connectivity index (χ0n) is 8.22. The lowest BCUT2D eigenvalue weighted by Gasteiger charge is -2.35. The summed E-state index contributed by atoms with van der Waals surface area (Å²) in [7, 11) is 0. The molecule has 0 spiro atoms. The minimum Gasteiger partial charge on any atom is -0.300 e. The molecule has 0 saturated carbocycles. The summed E-state index contributed by atoms with van der Waals surface area (Å²) in [5.41, 5.74) is 0. The van der Waals surface area contributed by atoms with Gasteiger partial charge < -0.3 is 0 Å². The highest BCUT2D eigenvalue weighted by atomic mass is 32.2. The topological polar surface area (TPSA) is 17.1 Å². The van der Waals surface area contributed by atoms with Crippen LogP contribution in [0.2, 0.25) is 0 Å². The molecule has 0 bridgehead atoms. The van der Waals surface area contributed by atoms with Crippen LogP contribution in [0.5, 0.6) is 0 Å². The smallest absolute Gasteiger partial charge is 0.132 e. The number of hydrogen-bond donors (Lipinski definition) is 0. The SMILES string of the molecule is CCC1(C)CC(C(C)=O)CCS1. The third-order valence-electron chi connectivity index (χ3n) is 2.92. The van der Waals surface area contributed by atoms with E-state index in [-0.39, 0.29) is 0 Å². The van der Waals surface area contributed by atoms with E-state index >= 15 is 0 Å². The fourth-order valence-corrected chi connectivity index (χ4v) is 3.14. The van der Waals surface area contributed by atoms with E-state index < -0.39 is 0 Å². The number of carbonyl (C=O) groups excluding carboxylic acids is 1. The summed E-state index contributed by atoms with van der Waals surface area (Å²) in [5.74, 6) is 1.89. The van der Waals surface area contributed by atoms with Crippen molar-refractivity contribution in [3.8, 4) is 0 Å². The van der Waals surface area contributed by atoms with Crippen molar-refractivity contribution in [2.24, 2.45) is 5.92 Å². The summed E-state index contributed by atoms with van der Waals surface area (Å²) in [4.78, 5) is 11.2. The van der Waals surface area contributed by atoms with Crippen LogP contribution in [0.4, 0.5) is 0 Å². The predicted molar refractivity (Wildman–Crippen MR) is 54.6 cm³/mol. The summed E-state index contributed by atoms with van der Waals surface area (Å²) in [6.45, 7) is 6.24. The second-order valence-electron chi connectivity index (χ2n) is 3.95. The lowest BCUT2D eigenvalue weighted by atomic mass is 9.88. The van der Waals surface area contributed by atoms with Gasteiger partial charge in [-0.05, 0) is 31.9 Å². The Balaban J connectivity index is 2.57. The van der Waals surface area contributed by atoms with Gasteiger partial charge in [-0.1, -0.05) is 13.8 Å². The van der Waals surface area contributed by atoms with Crippen molar-refractivity contribution in [3.63, 3.8) is 0 Å². The first-order valence-corrected chi connectivity index (χ1v) is 5.70. The van der Waals surface area contributed by atoms with Gasteiger partial charge in [0, 0.05) is 10.7 Å². The molecular formula is C10H18OS. The third kappa shape index (κ3) is 2.25. The van der Waals surface area contributed by atoms with Crippen molar-refractivity contribution in [2.45, 2.75) is 44.8 Å². The van der Waals surface area contributed by atoms with Crippen molar-refractivity contribution in [1.82, 2.24) is 0 Å². The number of rotatable bonds is 2. The molecule has 0 radical (unpaired) electrons. The molecule has 1 saturated heterocycles. The minimum atomic E-state index is 0.344. The van der Waals surface area contributed by atoms with Crippen LogP contribution in [0.15, 0.2) is 0 Å². The largest absolute Gasteiger partial charge is 0.300 e. The van der Waals surface area contributed by atoms with Gasteiger partial charge in [-0.25, -0.2) is 0 Å². The van der Waals surface area contributed by atoms with Crippen LogP contribution in [-0.2, 0) is 4.79 Å². The quantitative estimate of drug-likeness (QED) is 0.659. The van der Waals surface area contributed by atoms with Gasteiger partial charge in [-0.15, -0.1) is 0 Å². The van der Waals surface area contributed by atoms with Crippen LogP contribution in [-0.4, -0.2) is 16.3 Å². The van der Waals surface area contributed by atoms with Crippen LogP contribution in [0, 0.1) is 5.92 Å². The van der Waals surface area contributed by atoms with Crippen molar-refractivity contribution in [3.05, 3.63) is 0 Å². The Morgan fingerprint density at radius 2 is 2.33 bits per heavy atom. The molecule has 0 aliphatic carbocycles. The molecule has 0 aromatic carbocycles. The molecule has 12 heavy (non-hydrogen) atoms. The molecule has 0 aromatic rings. The first kappa shape index (κ1) is 10.1. The van der Waals surface area contributed by atoms with Crippen LogP contribution < -0.4 is 0 Å². The lowest BCUT2D eigenvalue weighted by Crippen LogP contribution is -2.31. The molecule has 1 rings (SSSR count). The molecular weight excluding hydrogens is 168 g/mol. The maximum Gasteiger partial charge on any atom is 0.132 e. The monoisotopic (exact) mass is 186 g/mol. The highest BCUT2D eigenvalue weighted by Crippen LogP contribution is 2.41. The van der Waals surface area contributed by atoms with E-state index in [1.165, 1.54) is 6.42 Å². The Kier molecular flexibility index (Phi) is 3.22. The molecule has 1 fully saturated rings. The maximum absolute atomic E-state index is 11.2. The van der Waals surface area contributed by atoms with Crippen LogP contribution in [0.25, 0.3) is 0 Å². The summed E-state index contributed by atoms with van der Waals surface area (Å²) < 4.78 is 0.370. The van der Waals surface area contributed by atoms with Crippen LogP contribution in [0.1, 0.15) is 40.0 Å². The number of Topliss-reactive ketones (excluding diaryl/α,β-unsaturated/α-hetero) is 1. The van der Waals surface area contributed by atoms with Gasteiger partial charge in [0.15, 0.2) is 0 Å².